The Bertz CT molecular complexity index is 318. The summed E-state index contributed by atoms with van der Waals surface area (Å²) in [4.78, 5) is 8.76. The highest BCUT2D eigenvalue weighted by atomic mass is 16.5. The summed E-state index contributed by atoms with van der Waals surface area (Å²) in [5.41, 5.74) is 0. The molecule has 0 aliphatic carbocycles. The summed E-state index contributed by atoms with van der Waals surface area (Å²) in [6.45, 7) is 6.10. The van der Waals surface area contributed by atoms with Gasteiger partial charge in [-0.15, -0.1) is 0 Å². The van der Waals surface area contributed by atoms with Gasteiger partial charge in [0.05, 0.1) is 18.5 Å². The molecule has 0 radical (unpaired) electrons. The van der Waals surface area contributed by atoms with Gasteiger partial charge >= 0.3 is 0 Å². The molecule has 0 spiro atoms. The van der Waals surface area contributed by atoms with Gasteiger partial charge in [-0.1, -0.05) is 0 Å². The van der Waals surface area contributed by atoms with Gasteiger partial charge in [0.15, 0.2) is 5.75 Å². The highest BCUT2D eigenvalue weighted by molar-refractivity contribution is 5.14. The second-order valence-corrected chi connectivity index (χ2v) is 4.49. The fourth-order valence-corrected chi connectivity index (χ4v) is 1.94. The van der Waals surface area contributed by atoms with E-state index in [1.54, 1.807) is 12.4 Å². The topological polar surface area (TPSA) is 47.0 Å². The number of hydrogen-bond acceptors (Lipinski definition) is 4. The SMILES string of the molecule is CC(C)Oc1cnc(C2CCCNC2)nc1. The fourth-order valence-electron chi connectivity index (χ4n) is 1.94. The van der Waals surface area contributed by atoms with E-state index >= 15 is 0 Å². The molecule has 0 amide bonds. The minimum absolute atomic E-state index is 0.172. The van der Waals surface area contributed by atoms with Crippen LogP contribution in [0.4, 0.5) is 0 Å². The number of piperidine rings is 1. The number of ether oxygens (including phenoxy) is 1. The van der Waals surface area contributed by atoms with Gasteiger partial charge in [0, 0.05) is 12.5 Å². The summed E-state index contributed by atoms with van der Waals surface area (Å²) in [6, 6.07) is 0. The van der Waals surface area contributed by atoms with E-state index in [1.807, 2.05) is 13.8 Å². The van der Waals surface area contributed by atoms with Crippen molar-refractivity contribution in [3.63, 3.8) is 0 Å². The fraction of sp³-hybridized carbons (Fsp3) is 0.667. The van der Waals surface area contributed by atoms with Gasteiger partial charge in [-0.3, -0.25) is 0 Å². The van der Waals surface area contributed by atoms with Crippen LogP contribution in [0, 0.1) is 0 Å². The molecule has 88 valence electrons. The third-order valence-electron chi connectivity index (χ3n) is 2.68. The molecule has 2 rings (SSSR count). The zero-order chi connectivity index (χ0) is 11.4. The molecule has 1 fully saturated rings. The minimum Gasteiger partial charge on any atom is -0.488 e. The Kier molecular flexibility index (Phi) is 3.72. The predicted molar refractivity (Wildman–Crippen MR) is 62.6 cm³/mol. The van der Waals surface area contributed by atoms with Crippen LogP contribution in [-0.2, 0) is 0 Å². The molecule has 2 heterocycles. The van der Waals surface area contributed by atoms with Crippen molar-refractivity contribution in [3.05, 3.63) is 18.2 Å². The molecular weight excluding hydrogens is 202 g/mol. The molecular formula is C12H19N3O. The van der Waals surface area contributed by atoms with E-state index in [4.69, 9.17) is 4.74 Å². The Labute approximate surface area is 96.4 Å². The smallest absolute Gasteiger partial charge is 0.156 e. The van der Waals surface area contributed by atoms with Crippen molar-refractivity contribution in [3.8, 4) is 5.75 Å². The van der Waals surface area contributed by atoms with E-state index in [0.29, 0.717) is 5.92 Å². The van der Waals surface area contributed by atoms with Crippen molar-refractivity contribution in [2.24, 2.45) is 0 Å². The average molecular weight is 221 g/mol. The molecule has 0 bridgehead atoms. The predicted octanol–water partition coefficient (Wildman–Crippen LogP) is 1.73. The van der Waals surface area contributed by atoms with Crippen LogP contribution in [0.5, 0.6) is 5.75 Å². The summed E-state index contributed by atoms with van der Waals surface area (Å²) in [5, 5.41) is 3.37. The van der Waals surface area contributed by atoms with E-state index in [9.17, 15) is 0 Å². The lowest BCUT2D eigenvalue weighted by Crippen LogP contribution is -2.29. The maximum atomic E-state index is 5.52. The van der Waals surface area contributed by atoms with E-state index in [1.165, 1.54) is 12.8 Å². The van der Waals surface area contributed by atoms with Crippen molar-refractivity contribution in [2.45, 2.75) is 38.7 Å². The van der Waals surface area contributed by atoms with Crippen molar-refractivity contribution < 1.29 is 4.74 Å². The molecule has 4 heteroatoms. The summed E-state index contributed by atoms with van der Waals surface area (Å²) < 4.78 is 5.52. The summed E-state index contributed by atoms with van der Waals surface area (Å²) in [7, 11) is 0. The lowest BCUT2D eigenvalue weighted by atomic mass is 9.99. The molecule has 1 atom stereocenters. The molecule has 1 N–H and O–H groups in total. The zero-order valence-corrected chi connectivity index (χ0v) is 9.94. The normalized spacial score (nSPS) is 21.1. The van der Waals surface area contributed by atoms with Crippen LogP contribution >= 0.6 is 0 Å². The molecule has 0 aromatic carbocycles. The van der Waals surface area contributed by atoms with E-state index in [-0.39, 0.29) is 6.10 Å². The average Bonchev–Trinajstić information content (AvgIpc) is 2.30. The summed E-state index contributed by atoms with van der Waals surface area (Å²) >= 11 is 0. The summed E-state index contributed by atoms with van der Waals surface area (Å²) in [6.07, 6.45) is 6.11. The maximum absolute atomic E-state index is 5.52. The Balaban J connectivity index is 2.00. The molecule has 0 saturated carbocycles. The van der Waals surface area contributed by atoms with Gasteiger partial charge in [0.2, 0.25) is 0 Å². The number of hydrogen-bond donors (Lipinski definition) is 1. The Morgan fingerprint density at radius 2 is 2.12 bits per heavy atom. The number of rotatable bonds is 3. The van der Waals surface area contributed by atoms with Crippen molar-refractivity contribution in [1.82, 2.24) is 15.3 Å². The van der Waals surface area contributed by atoms with E-state index < -0.39 is 0 Å². The minimum atomic E-state index is 0.172. The largest absolute Gasteiger partial charge is 0.488 e. The Morgan fingerprint density at radius 3 is 2.69 bits per heavy atom. The monoisotopic (exact) mass is 221 g/mol. The molecule has 1 aliphatic heterocycles. The Hall–Kier alpha value is -1.16. The first-order chi connectivity index (χ1) is 7.75. The molecule has 1 unspecified atom stereocenters. The second kappa shape index (κ2) is 5.25. The quantitative estimate of drug-likeness (QED) is 0.844. The standard InChI is InChI=1S/C12H19N3O/c1-9(2)16-11-7-14-12(15-8-11)10-4-3-5-13-6-10/h7-10,13H,3-6H2,1-2H3. The molecule has 1 saturated heterocycles. The van der Waals surface area contributed by atoms with Gasteiger partial charge < -0.3 is 10.1 Å². The third-order valence-corrected chi connectivity index (χ3v) is 2.68. The van der Waals surface area contributed by atoms with Crippen molar-refractivity contribution in [1.29, 1.82) is 0 Å². The molecule has 1 aromatic rings. The van der Waals surface area contributed by atoms with Crippen LogP contribution < -0.4 is 10.1 Å². The molecule has 1 aromatic heterocycles. The van der Waals surface area contributed by atoms with Crippen LogP contribution in [0.3, 0.4) is 0 Å². The van der Waals surface area contributed by atoms with Crippen LogP contribution in [0.2, 0.25) is 0 Å². The number of nitrogens with one attached hydrogen (secondary N) is 1. The molecule has 4 nitrogen and oxygen atoms in total. The van der Waals surface area contributed by atoms with Gasteiger partial charge in [-0.2, -0.15) is 0 Å². The Morgan fingerprint density at radius 1 is 1.38 bits per heavy atom. The van der Waals surface area contributed by atoms with E-state index in [0.717, 1.165) is 24.7 Å². The zero-order valence-electron chi connectivity index (χ0n) is 9.94. The van der Waals surface area contributed by atoms with Gasteiger partial charge in [-0.05, 0) is 33.2 Å². The number of nitrogens with zero attached hydrogens (tertiary/aromatic N) is 2. The first-order valence-electron chi connectivity index (χ1n) is 5.95. The maximum Gasteiger partial charge on any atom is 0.156 e. The highest BCUT2D eigenvalue weighted by Gasteiger charge is 2.17. The van der Waals surface area contributed by atoms with Crippen molar-refractivity contribution >= 4 is 0 Å². The van der Waals surface area contributed by atoms with Crippen molar-refractivity contribution in [2.75, 3.05) is 13.1 Å². The molecule has 1 aliphatic rings. The number of aromatic nitrogens is 2. The van der Waals surface area contributed by atoms with Crippen LogP contribution in [0.15, 0.2) is 12.4 Å². The highest BCUT2D eigenvalue weighted by Crippen LogP contribution is 2.20. The van der Waals surface area contributed by atoms with Crippen LogP contribution in [-0.4, -0.2) is 29.2 Å². The van der Waals surface area contributed by atoms with Gasteiger partial charge in [0.1, 0.15) is 5.82 Å². The summed E-state index contributed by atoms with van der Waals surface area (Å²) in [5.74, 6) is 2.15. The molecule has 16 heavy (non-hydrogen) atoms. The first kappa shape index (κ1) is 11.3. The lowest BCUT2D eigenvalue weighted by molar-refractivity contribution is 0.240. The first-order valence-corrected chi connectivity index (χ1v) is 5.95. The van der Waals surface area contributed by atoms with Gasteiger partial charge in [0.25, 0.3) is 0 Å². The van der Waals surface area contributed by atoms with Gasteiger partial charge in [-0.25, -0.2) is 9.97 Å². The van der Waals surface area contributed by atoms with Crippen LogP contribution in [0.25, 0.3) is 0 Å². The lowest BCUT2D eigenvalue weighted by Gasteiger charge is -2.21. The third kappa shape index (κ3) is 2.92. The second-order valence-electron chi connectivity index (χ2n) is 4.49. The van der Waals surface area contributed by atoms with E-state index in [2.05, 4.69) is 15.3 Å². The van der Waals surface area contributed by atoms with Crippen LogP contribution in [0.1, 0.15) is 38.4 Å².